The van der Waals surface area contributed by atoms with Gasteiger partial charge in [-0.05, 0) is 39.0 Å². The van der Waals surface area contributed by atoms with Crippen LogP contribution in [0.25, 0.3) is 0 Å². The van der Waals surface area contributed by atoms with Crippen LogP contribution >= 0.6 is 0 Å². The van der Waals surface area contributed by atoms with Crippen LogP contribution in [0.2, 0.25) is 0 Å². The molecule has 2 aromatic rings. The van der Waals surface area contributed by atoms with Crippen molar-refractivity contribution in [2.45, 2.75) is 20.8 Å². The number of rotatable bonds is 3. The number of amides is 1. The van der Waals surface area contributed by atoms with Crippen molar-refractivity contribution in [3.05, 3.63) is 46.8 Å². The second-order valence-corrected chi connectivity index (χ2v) is 4.62. The maximum Gasteiger partial charge on any atom is 0.260 e. The van der Waals surface area contributed by atoms with Gasteiger partial charge >= 0.3 is 0 Å². The van der Waals surface area contributed by atoms with Gasteiger partial charge in [0.15, 0.2) is 0 Å². The maximum atomic E-state index is 12.3. The molecular formula is C14H17N5O. The first kappa shape index (κ1) is 14.0. The third-order valence-corrected chi connectivity index (χ3v) is 2.78. The normalized spacial score (nSPS) is 10.2. The van der Waals surface area contributed by atoms with Gasteiger partial charge in [-0.2, -0.15) is 0 Å². The smallest absolute Gasteiger partial charge is 0.260 e. The predicted octanol–water partition coefficient (Wildman–Crippen LogP) is 1.94. The lowest BCUT2D eigenvalue weighted by Crippen LogP contribution is -2.19. The highest BCUT2D eigenvalue weighted by molar-refractivity contribution is 6.07. The number of anilines is 2. The molecule has 0 saturated carbocycles. The van der Waals surface area contributed by atoms with Gasteiger partial charge in [0, 0.05) is 11.4 Å². The fraction of sp³-hybridized carbons (Fsp3) is 0.214. The Morgan fingerprint density at radius 1 is 1.10 bits per heavy atom. The number of carbonyl (C=O) groups is 1. The summed E-state index contributed by atoms with van der Waals surface area (Å²) in [7, 11) is 0. The van der Waals surface area contributed by atoms with E-state index < -0.39 is 0 Å². The second-order valence-electron chi connectivity index (χ2n) is 4.62. The van der Waals surface area contributed by atoms with E-state index in [1.807, 2.05) is 32.9 Å². The molecule has 0 spiro atoms. The number of nitrogens with one attached hydrogen (secondary N) is 2. The summed E-state index contributed by atoms with van der Waals surface area (Å²) in [6.07, 6.45) is 0. The Morgan fingerprint density at radius 2 is 1.75 bits per heavy atom. The molecule has 20 heavy (non-hydrogen) atoms. The van der Waals surface area contributed by atoms with E-state index in [4.69, 9.17) is 5.84 Å². The lowest BCUT2D eigenvalue weighted by Gasteiger charge is -2.10. The fourth-order valence-corrected chi connectivity index (χ4v) is 1.92. The summed E-state index contributed by atoms with van der Waals surface area (Å²) in [6.45, 7) is 5.61. The molecule has 0 radical (unpaired) electrons. The minimum Gasteiger partial charge on any atom is -0.323 e. The Hall–Kier alpha value is -2.47. The highest BCUT2D eigenvalue weighted by Gasteiger charge is 2.13. The van der Waals surface area contributed by atoms with Crippen molar-refractivity contribution in [2.75, 3.05) is 10.7 Å². The fourth-order valence-electron chi connectivity index (χ4n) is 1.92. The first-order valence-corrected chi connectivity index (χ1v) is 6.20. The molecule has 0 saturated heterocycles. The number of hydrogen-bond donors (Lipinski definition) is 3. The summed E-state index contributed by atoms with van der Waals surface area (Å²) in [4.78, 5) is 20.6. The minimum atomic E-state index is -0.299. The molecule has 0 aliphatic rings. The minimum absolute atomic E-state index is 0.289. The van der Waals surface area contributed by atoms with Gasteiger partial charge in [-0.1, -0.05) is 11.6 Å². The van der Waals surface area contributed by atoms with E-state index in [2.05, 4.69) is 20.7 Å². The van der Waals surface area contributed by atoms with Gasteiger partial charge in [0.2, 0.25) is 5.95 Å². The highest BCUT2D eigenvalue weighted by Crippen LogP contribution is 2.17. The van der Waals surface area contributed by atoms with E-state index in [1.165, 1.54) is 0 Å². The van der Waals surface area contributed by atoms with Crippen LogP contribution in [0, 0.1) is 20.8 Å². The molecule has 6 nitrogen and oxygen atoms in total. The summed E-state index contributed by atoms with van der Waals surface area (Å²) in [6, 6.07) is 7.23. The van der Waals surface area contributed by atoms with E-state index >= 15 is 0 Å². The Labute approximate surface area is 117 Å². The number of aromatic nitrogens is 2. The zero-order chi connectivity index (χ0) is 14.7. The van der Waals surface area contributed by atoms with E-state index in [9.17, 15) is 4.79 Å². The monoisotopic (exact) mass is 271 g/mol. The molecule has 0 bridgehead atoms. The molecule has 6 heteroatoms. The summed E-state index contributed by atoms with van der Waals surface area (Å²) in [5.74, 6) is 5.41. The Kier molecular flexibility index (Phi) is 3.95. The van der Waals surface area contributed by atoms with Gasteiger partial charge in [0.05, 0.1) is 11.3 Å². The van der Waals surface area contributed by atoms with Gasteiger partial charge in [-0.15, -0.1) is 0 Å². The van der Waals surface area contributed by atoms with Crippen LogP contribution in [0.5, 0.6) is 0 Å². The number of nitrogens with two attached hydrogens (primary N) is 1. The predicted molar refractivity (Wildman–Crippen MR) is 78.4 cm³/mol. The van der Waals surface area contributed by atoms with Crippen molar-refractivity contribution in [3.8, 4) is 0 Å². The number of nitrogen functional groups attached to an aromatic ring is 1. The van der Waals surface area contributed by atoms with Crippen LogP contribution in [0.4, 0.5) is 11.6 Å². The number of hydrazine groups is 1. The topological polar surface area (TPSA) is 92.9 Å². The summed E-state index contributed by atoms with van der Waals surface area (Å²) < 4.78 is 0. The highest BCUT2D eigenvalue weighted by atomic mass is 16.1. The van der Waals surface area contributed by atoms with Crippen molar-refractivity contribution in [1.82, 2.24) is 9.97 Å². The third-order valence-electron chi connectivity index (χ3n) is 2.78. The van der Waals surface area contributed by atoms with Crippen molar-refractivity contribution in [1.29, 1.82) is 0 Å². The second kappa shape index (κ2) is 5.66. The van der Waals surface area contributed by atoms with Crippen LogP contribution in [0.1, 0.15) is 27.3 Å². The molecule has 2 rings (SSSR count). The van der Waals surface area contributed by atoms with Crippen molar-refractivity contribution >= 4 is 17.5 Å². The van der Waals surface area contributed by atoms with E-state index in [0.717, 1.165) is 17.0 Å². The zero-order valence-electron chi connectivity index (χ0n) is 11.7. The van der Waals surface area contributed by atoms with Crippen LogP contribution in [0.3, 0.4) is 0 Å². The molecule has 104 valence electrons. The van der Waals surface area contributed by atoms with Gasteiger partial charge in [0.25, 0.3) is 5.91 Å². The molecule has 1 aromatic carbocycles. The number of carbonyl (C=O) groups excluding carboxylic acids is 1. The molecule has 0 aliphatic carbocycles. The number of benzene rings is 1. The lowest BCUT2D eigenvalue weighted by atomic mass is 10.1. The molecule has 0 unspecified atom stereocenters. The number of aryl methyl sites for hydroxylation is 3. The van der Waals surface area contributed by atoms with Crippen LogP contribution in [0.15, 0.2) is 24.3 Å². The maximum absolute atomic E-state index is 12.3. The van der Waals surface area contributed by atoms with Crippen molar-refractivity contribution in [2.24, 2.45) is 5.84 Å². The Balaban J connectivity index is 2.30. The van der Waals surface area contributed by atoms with E-state index in [-0.39, 0.29) is 11.9 Å². The van der Waals surface area contributed by atoms with Crippen molar-refractivity contribution in [3.63, 3.8) is 0 Å². The molecule has 0 aliphatic heterocycles. The average Bonchev–Trinajstić information content (AvgIpc) is 2.37. The molecule has 0 atom stereocenters. The van der Waals surface area contributed by atoms with E-state index in [0.29, 0.717) is 11.3 Å². The standard InChI is InChI=1S/C14H17N5O/c1-8-4-5-12(19-15)11(6-8)13(20)18-14-16-9(2)7-10(3)17-14/h4-7,19H,15H2,1-3H3,(H,16,17,18,20). The molecule has 1 aromatic heterocycles. The summed E-state index contributed by atoms with van der Waals surface area (Å²) in [5.41, 5.74) is 6.09. The molecule has 1 amide bonds. The van der Waals surface area contributed by atoms with Gasteiger partial charge < -0.3 is 5.43 Å². The van der Waals surface area contributed by atoms with Gasteiger partial charge in [-0.25, -0.2) is 9.97 Å². The molecular weight excluding hydrogens is 254 g/mol. The van der Waals surface area contributed by atoms with E-state index in [1.54, 1.807) is 12.1 Å². The molecule has 0 fully saturated rings. The number of hydrogen-bond acceptors (Lipinski definition) is 5. The molecule has 1 heterocycles. The van der Waals surface area contributed by atoms with Gasteiger partial charge in [-0.3, -0.25) is 16.0 Å². The lowest BCUT2D eigenvalue weighted by molar-refractivity contribution is 0.102. The SMILES string of the molecule is Cc1ccc(NN)c(C(=O)Nc2nc(C)cc(C)n2)c1. The first-order valence-electron chi connectivity index (χ1n) is 6.20. The van der Waals surface area contributed by atoms with Crippen LogP contribution < -0.4 is 16.6 Å². The quantitative estimate of drug-likeness (QED) is 0.586. The first-order chi connectivity index (χ1) is 9.49. The molecule has 4 N–H and O–H groups in total. The largest absolute Gasteiger partial charge is 0.323 e. The third kappa shape index (κ3) is 3.10. The van der Waals surface area contributed by atoms with Crippen LogP contribution in [-0.4, -0.2) is 15.9 Å². The Bertz CT molecular complexity index is 634. The average molecular weight is 271 g/mol. The van der Waals surface area contributed by atoms with Crippen molar-refractivity contribution < 1.29 is 4.79 Å². The summed E-state index contributed by atoms with van der Waals surface area (Å²) >= 11 is 0. The van der Waals surface area contributed by atoms with Crippen LogP contribution in [-0.2, 0) is 0 Å². The zero-order valence-corrected chi connectivity index (χ0v) is 11.7. The Morgan fingerprint density at radius 3 is 2.35 bits per heavy atom. The van der Waals surface area contributed by atoms with Gasteiger partial charge in [0.1, 0.15) is 0 Å². The summed E-state index contributed by atoms with van der Waals surface area (Å²) in [5, 5.41) is 2.69. The number of nitrogens with zero attached hydrogens (tertiary/aromatic N) is 2.